The first-order valence-electron chi connectivity index (χ1n) is 18.7. The summed E-state index contributed by atoms with van der Waals surface area (Å²) in [6.07, 6.45) is 17.8. The Bertz CT molecular complexity index is 1580. The van der Waals surface area contributed by atoms with Gasteiger partial charge in [-0.3, -0.25) is 14.7 Å². The first kappa shape index (κ1) is 33.5. The summed E-state index contributed by atoms with van der Waals surface area (Å²) in [6.45, 7) is 2.62. The van der Waals surface area contributed by atoms with Gasteiger partial charge in [0.15, 0.2) is 5.89 Å². The first-order valence-corrected chi connectivity index (χ1v) is 18.7. The summed E-state index contributed by atoms with van der Waals surface area (Å²) < 4.78 is 17.0. The van der Waals surface area contributed by atoms with Gasteiger partial charge >= 0.3 is 6.09 Å². The lowest BCUT2D eigenvalue weighted by Crippen LogP contribution is -2.43. The smallest absolute Gasteiger partial charge is 0.407 e. The van der Waals surface area contributed by atoms with Gasteiger partial charge in [-0.15, -0.1) is 0 Å². The number of alkyl carbamates (subject to hydrolysis) is 1. The van der Waals surface area contributed by atoms with Gasteiger partial charge in [0.1, 0.15) is 29.6 Å². The third kappa shape index (κ3) is 8.27. The lowest BCUT2D eigenvalue weighted by molar-refractivity contribution is -0.124. The molecule has 4 aliphatic carbocycles. The molecule has 0 aliphatic heterocycles. The van der Waals surface area contributed by atoms with Crippen molar-refractivity contribution in [3.63, 3.8) is 0 Å². The summed E-state index contributed by atoms with van der Waals surface area (Å²) in [4.78, 5) is 43.3. The van der Waals surface area contributed by atoms with Crippen molar-refractivity contribution >= 4 is 17.8 Å². The molecular weight excluding hydrogens is 618 g/mol. The van der Waals surface area contributed by atoms with Crippen molar-refractivity contribution in [1.29, 1.82) is 0 Å². The predicted octanol–water partition coefficient (Wildman–Crippen LogP) is 8.25. The van der Waals surface area contributed by atoms with Gasteiger partial charge in [-0.05, 0) is 114 Å². The van der Waals surface area contributed by atoms with Crippen LogP contribution in [0.25, 0.3) is 11.3 Å². The molecule has 0 aromatic carbocycles. The second-order valence-electron chi connectivity index (χ2n) is 14.8. The van der Waals surface area contributed by atoms with E-state index in [4.69, 9.17) is 28.8 Å². The van der Waals surface area contributed by atoms with Gasteiger partial charge in [-0.2, -0.15) is 0 Å². The molecule has 3 heterocycles. The third-order valence-electron chi connectivity index (χ3n) is 11.2. The van der Waals surface area contributed by atoms with Crippen LogP contribution in [0.5, 0.6) is 5.75 Å². The van der Waals surface area contributed by atoms with Gasteiger partial charge in [-0.25, -0.2) is 14.8 Å². The third-order valence-corrected chi connectivity index (χ3v) is 11.2. The minimum absolute atomic E-state index is 0.114. The topological polar surface area (TPSA) is 120 Å². The van der Waals surface area contributed by atoms with Crippen molar-refractivity contribution < 1.29 is 23.5 Å². The number of rotatable bonds is 10. The van der Waals surface area contributed by atoms with Crippen LogP contribution >= 0.6 is 0 Å². The van der Waals surface area contributed by atoms with Crippen LogP contribution < -0.4 is 15.0 Å². The normalized spacial score (nSPS) is 24.6. The number of amides is 2. The minimum atomic E-state index is -0.308. The van der Waals surface area contributed by atoms with Crippen molar-refractivity contribution in [2.24, 2.45) is 11.8 Å². The monoisotopic (exact) mass is 669 g/mol. The standard InChI is InChI=1S/C39H51N5O5/c1-25-35(47-2)19-18-33(41-25)27-10-8-26(9-11-27)23-44(36-22-30(20-21-40-36)34-24-48-37(43-34)28-12-13-28)38(45)29-14-16-32(17-15-29)49-39(46)42-31-6-4-3-5-7-31/h18-22,24,26-29,31-32H,3-17,23H2,1-2H3,(H,42,46). The van der Waals surface area contributed by atoms with Crippen LogP contribution in [0.2, 0.25) is 0 Å². The SMILES string of the molecule is COc1ccc(C2CCC(CN(C(=O)C3CCC(OC(=O)NC4CCCCC4)CC3)c3cc(-c4coc(C5CC5)n4)ccn3)CC2)nc1C. The number of aromatic nitrogens is 3. The van der Waals surface area contributed by atoms with Gasteiger partial charge in [-0.1, -0.05) is 19.3 Å². The second-order valence-corrected chi connectivity index (χ2v) is 14.8. The molecule has 3 aromatic heterocycles. The highest BCUT2D eigenvalue weighted by molar-refractivity contribution is 5.94. The van der Waals surface area contributed by atoms with E-state index in [1.165, 1.54) is 6.42 Å². The number of pyridine rings is 2. The number of anilines is 1. The molecular formula is C39H51N5O5. The Balaban J connectivity index is 1.02. The summed E-state index contributed by atoms with van der Waals surface area (Å²) in [6, 6.07) is 8.28. The molecule has 0 atom stereocenters. The zero-order chi connectivity index (χ0) is 33.7. The van der Waals surface area contributed by atoms with Crippen LogP contribution in [0.15, 0.2) is 41.1 Å². The molecule has 4 fully saturated rings. The van der Waals surface area contributed by atoms with Gasteiger partial charge in [0.2, 0.25) is 5.91 Å². The zero-order valence-electron chi connectivity index (χ0n) is 29.1. The van der Waals surface area contributed by atoms with E-state index in [-0.39, 0.29) is 30.1 Å². The summed E-state index contributed by atoms with van der Waals surface area (Å²) in [7, 11) is 1.68. The Labute approximate surface area is 289 Å². The molecule has 0 saturated heterocycles. The molecule has 10 nitrogen and oxygen atoms in total. The Morgan fingerprint density at radius 3 is 2.37 bits per heavy atom. The fraction of sp³-hybridized carbons (Fsp3) is 0.615. The number of nitrogens with one attached hydrogen (secondary N) is 1. The van der Waals surface area contributed by atoms with Crippen LogP contribution in [0, 0.1) is 18.8 Å². The lowest BCUT2D eigenvalue weighted by Gasteiger charge is -2.35. The molecule has 4 aliphatic rings. The summed E-state index contributed by atoms with van der Waals surface area (Å²) in [5.74, 6) is 3.46. The van der Waals surface area contributed by atoms with E-state index in [0.717, 1.165) is 98.5 Å². The molecule has 4 saturated carbocycles. The van der Waals surface area contributed by atoms with Crippen molar-refractivity contribution in [2.45, 2.75) is 127 Å². The number of nitrogens with zero attached hydrogens (tertiary/aromatic N) is 4. The van der Waals surface area contributed by atoms with Crippen molar-refractivity contribution in [1.82, 2.24) is 20.3 Å². The largest absolute Gasteiger partial charge is 0.495 e. The van der Waals surface area contributed by atoms with E-state index in [1.54, 1.807) is 19.6 Å². The molecule has 262 valence electrons. The molecule has 3 aromatic rings. The molecule has 7 rings (SSSR count). The number of carbonyl (C=O) groups is 2. The number of ether oxygens (including phenoxy) is 2. The average molecular weight is 670 g/mol. The maximum atomic E-state index is 14.4. The highest BCUT2D eigenvalue weighted by Crippen LogP contribution is 2.41. The van der Waals surface area contributed by atoms with Crippen LogP contribution in [-0.4, -0.2) is 52.8 Å². The van der Waals surface area contributed by atoms with Gasteiger partial charge in [0, 0.05) is 47.8 Å². The molecule has 0 spiro atoms. The minimum Gasteiger partial charge on any atom is -0.495 e. The van der Waals surface area contributed by atoms with E-state index >= 15 is 0 Å². The number of methoxy groups -OCH3 is 1. The molecule has 0 bridgehead atoms. The van der Waals surface area contributed by atoms with E-state index in [1.807, 2.05) is 30.0 Å². The Kier molecular flexibility index (Phi) is 10.5. The van der Waals surface area contributed by atoms with Gasteiger partial charge in [0.05, 0.1) is 12.8 Å². The molecule has 0 radical (unpaired) electrons. The molecule has 49 heavy (non-hydrogen) atoms. The fourth-order valence-corrected chi connectivity index (χ4v) is 8.12. The zero-order valence-corrected chi connectivity index (χ0v) is 29.1. The average Bonchev–Trinajstić information content (AvgIpc) is 3.87. The first-order chi connectivity index (χ1) is 23.9. The number of carbonyl (C=O) groups excluding carboxylic acids is 2. The van der Waals surface area contributed by atoms with E-state index in [9.17, 15) is 9.59 Å². The molecule has 1 N–H and O–H groups in total. The van der Waals surface area contributed by atoms with Gasteiger partial charge < -0.3 is 19.2 Å². The maximum Gasteiger partial charge on any atom is 0.407 e. The Hall–Kier alpha value is -3.95. The molecule has 0 unspecified atom stereocenters. The lowest BCUT2D eigenvalue weighted by atomic mass is 9.79. The quantitative estimate of drug-likeness (QED) is 0.229. The second kappa shape index (κ2) is 15.3. The summed E-state index contributed by atoms with van der Waals surface area (Å²) in [5.41, 5.74) is 3.74. The molecule has 10 heteroatoms. The highest BCUT2D eigenvalue weighted by atomic mass is 16.6. The number of oxazole rings is 1. The Morgan fingerprint density at radius 2 is 1.65 bits per heavy atom. The van der Waals surface area contributed by atoms with Crippen LogP contribution in [0.3, 0.4) is 0 Å². The number of hydrogen-bond donors (Lipinski definition) is 1. The summed E-state index contributed by atoms with van der Waals surface area (Å²) in [5, 5.41) is 3.07. The van der Waals surface area contributed by atoms with Crippen molar-refractivity contribution in [2.75, 3.05) is 18.6 Å². The van der Waals surface area contributed by atoms with Gasteiger partial charge in [0.25, 0.3) is 0 Å². The molecule has 2 amide bonds. The number of hydrogen-bond acceptors (Lipinski definition) is 8. The fourth-order valence-electron chi connectivity index (χ4n) is 8.12. The Morgan fingerprint density at radius 1 is 0.898 bits per heavy atom. The van der Waals surface area contributed by atoms with Crippen molar-refractivity contribution in [3.05, 3.63) is 54.0 Å². The number of aryl methyl sites for hydroxylation is 1. The van der Waals surface area contributed by atoms with E-state index < -0.39 is 0 Å². The maximum absolute atomic E-state index is 14.4. The van der Waals surface area contributed by atoms with Crippen LogP contribution in [0.1, 0.15) is 125 Å². The van der Waals surface area contributed by atoms with Crippen molar-refractivity contribution in [3.8, 4) is 17.0 Å². The predicted molar refractivity (Wildman–Crippen MR) is 187 cm³/mol. The van der Waals surface area contributed by atoms with Crippen LogP contribution in [0.4, 0.5) is 10.6 Å². The highest BCUT2D eigenvalue weighted by Gasteiger charge is 2.35. The van der Waals surface area contributed by atoms with E-state index in [2.05, 4.69) is 11.4 Å². The van der Waals surface area contributed by atoms with Crippen LogP contribution in [-0.2, 0) is 9.53 Å². The summed E-state index contributed by atoms with van der Waals surface area (Å²) >= 11 is 0. The van der Waals surface area contributed by atoms with E-state index in [0.29, 0.717) is 55.8 Å².